The molecule has 0 saturated heterocycles. The van der Waals surface area contributed by atoms with Crippen LogP contribution in [0.5, 0.6) is 0 Å². The molecule has 5 nitrogen and oxygen atoms in total. The number of nitrogens with one attached hydrogen (secondary N) is 1. The van der Waals surface area contributed by atoms with Gasteiger partial charge < -0.3 is 14.8 Å². The van der Waals surface area contributed by atoms with E-state index in [2.05, 4.69) is 9.47 Å². The van der Waals surface area contributed by atoms with Crippen molar-refractivity contribution >= 4 is 11.9 Å². The molecule has 0 atom stereocenters. The fourth-order valence-corrected chi connectivity index (χ4v) is 1.10. The maximum Gasteiger partial charge on any atom is 0.425 e. The second-order valence-electron chi connectivity index (χ2n) is 2.94. The first kappa shape index (κ1) is 16.3. The van der Waals surface area contributed by atoms with Gasteiger partial charge >= 0.3 is 18.1 Å². The Labute approximate surface area is 102 Å². The van der Waals surface area contributed by atoms with Gasteiger partial charge in [-0.15, -0.1) is 0 Å². The lowest BCUT2D eigenvalue weighted by molar-refractivity contribution is -0.153. The molecule has 8 heteroatoms. The zero-order chi connectivity index (χ0) is 14.3. The summed E-state index contributed by atoms with van der Waals surface area (Å²) < 4.78 is 46.9. The zero-order valence-electron chi connectivity index (χ0n) is 10.2. The minimum atomic E-state index is -5.02. The van der Waals surface area contributed by atoms with Crippen molar-refractivity contribution < 1.29 is 32.2 Å². The Bertz CT molecular complexity index is 350. The summed E-state index contributed by atoms with van der Waals surface area (Å²) in [7, 11) is 1.08. The molecule has 0 bridgehead atoms. The lowest BCUT2D eigenvalue weighted by Crippen LogP contribution is -2.32. The molecule has 0 radical (unpaired) electrons. The van der Waals surface area contributed by atoms with Gasteiger partial charge in [-0.05, 0) is 13.8 Å². The highest BCUT2D eigenvalue weighted by atomic mass is 19.4. The molecule has 0 saturated carbocycles. The Morgan fingerprint density at radius 3 is 1.83 bits per heavy atom. The molecule has 0 aromatic heterocycles. The average Bonchev–Trinajstić information content (AvgIpc) is 2.24. The first-order valence-corrected chi connectivity index (χ1v) is 5.13. The van der Waals surface area contributed by atoms with Crippen molar-refractivity contribution in [2.75, 3.05) is 20.3 Å². The van der Waals surface area contributed by atoms with Gasteiger partial charge in [0.15, 0.2) is 5.57 Å². The molecule has 0 fully saturated rings. The molecule has 0 aromatic rings. The van der Waals surface area contributed by atoms with Gasteiger partial charge in [0.1, 0.15) is 5.70 Å². The van der Waals surface area contributed by atoms with Crippen molar-refractivity contribution in [1.29, 1.82) is 0 Å². The summed E-state index contributed by atoms with van der Waals surface area (Å²) in [4.78, 5) is 22.6. The van der Waals surface area contributed by atoms with Crippen molar-refractivity contribution in [3.8, 4) is 0 Å². The third kappa shape index (κ3) is 4.27. The summed E-state index contributed by atoms with van der Waals surface area (Å²) in [6.45, 7) is 2.44. The summed E-state index contributed by atoms with van der Waals surface area (Å²) in [5, 5.41) is 2.02. The Hall–Kier alpha value is -1.73. The molecule has 104 valence electrons. The van der Waals surface area contributed by atoms with E-state index in [1.165, 1.54) is 13.8 Å². The van der Waals surface area contributed by atoms with E-state index in [-0.39, 0.29) is 13.2 Å². The average molecular weight is 269 g/mol. The van der Waals surface area contributed by atoms with Gasteiger partial charge in [-0.3, -0.25) is 0 Å². The van der Waals surface area contributed by atoms with E-state index in [0.717, 1.165) is 7.05 Å². The lowest BCUT2D eigenvalue weighted by Gasteiger charge is -2.15. The van der Waals surface area contributed by atoms with Crippen molar-refractivity contribution in [3.05, 3.63) is 11.3 Å². The molecule has 0 rings (SSSR count). The highest BCUT2D eigenvalue weighted by Crippen LogP contribution is 2.29. The largest absolute Gasteiger partial charge is 0.462 e. The van der Waals surface area contributed by atoms with E-state index in [1.807, 2.05) is 5.32 Å². The number of esters is 2. The number of hydrogen-bond donors (Lipinski definition) is 1. The summed E-state index contributed by atoms with van der Waals surface area (Å²) in [6, 6.07) is 0. The van der Waals surface area contributed by atoms with Crippen LogP contribution >= 0.6 is 0 Å². The number of alkyl halides is 3. The molecule has 1 N–H and O–H groups in total. The van der Waals surface area contributed by atoms with Crippen LogP contribution in [-0.4, -0.2) is 38.4 Å². The van der Waals surface area contributed by atoms with Crippen LogP contribution < -0.4 is 5.32 Å². The van der Waals surface area contributed by atoms with Gasteiger partial charge in [0, 0.05) is 7.05 Å². The third-order valence-corrected chi connectivity index (χ3v) is 1.74. The fourth-order valence-electron chi connectivity index (χ4n) is 1.10. The van der Waals surface area contributed by atoms with E-state index in [9.17, 15) is 22.8 Å². The maximum absolute atomic E-state index is 12.7. The van der Waals surface area contributed by atoms with E-state index in [4.69, 9.17) is 0 Å². The zero-order valence-corrected chi connectivity index (χ0v) is 10.2. The van der Waals surface area contributed by atoms with Crippen LogP contribution in [0.15, 0.2) is 11.3 Å². The van der Waals surface area contributed by atoms with Gasteiger partial charge in [0.25, 0.3) is 0 Å². The molecule has 0 aromatic carbocycles. The summed E-state index contributed by atoms with van der Waals surface area (Å²) in [6.07, 6.45) is -5.02. The number of carbonyl (C=O) groups excluding carboxylic acids is 2. The van der Waals surface area contributed by atoms with Crippen molar-refractivity contribution in [3.63, 3.8) is 0 Å². The fraction of sp³-hybridized carbons (Fsp3) is 0.600. The van der Waals surface area contributed by atoms with Gasteiger partial charge in [-0.2, -0.15) is 13.2 Å². The van der Waals surface area contributed by atoms with Crippen LogP contribution in [0.3, 0.4) is 0 Å². The minimum Gasteiger partial charge on any atom is -0.462 e. The van der Waals surface area contributed by atoms with Gasteiger partial charge in [0.2, 0.25) is 0 Å². The number of carbonyl (C=O) groups is 2. The van der Waals surface area contributed by atoms with Crippen LogP contribution in [0.4, 0.5) is 13.2 Å². The second kappa shape index (κ2) is 6.87. The summed E-state index contributed by atoms with van der Waals surface area (Å²) in [5.41, 5.74) is -2.67. The van der Waals surface area contributed by atoms with Gasteiger partial charge in [-0.1, -0.05) is 0 Å². The van der Waals surface area contributed by atoms with Crippen molar-refractivity contribution in [2.24, 2.45) is 0 Å². The van der Waals surface area contributed by atoms with Crippen molar-refractivity contribution in [1.82, 2.24) is 5.32 Å². The van der Waals surface area contributed by atoms with Crippen LogP contribution in [0.25, 0.3) is 0 Å². The molecule has 0 aliphatic rings. The van der Waals surface area contributed by atoms with E-state index in [0.29, 0.717) is 0 Å². The smallest absolute Gasteiger partial charge is 0.425 e. The highest BCUT2D eigenvalue weighted by Gasteiger charge is 2.44. The molecule has 0 heterocycles. The standard InChI is InChI=1S/C10H14F3NO4/c1-4-17-8(15)6(10(11,12)13)7(14-3)9(16)18-5-2/h14H,4-5H2,1-3H3. The molecule has 18 heavy (non-hydrogen) atoms. The van der Waals surface area contributed by atoms with Gasteiger partial charge in [-0.25, -0.2) is 9.59 Å². The molecule has 0 aliphatic carbocycles. The SMILES string of the molecule is CCOC(=O)C(NC)=C(C(=O)OCC)C(F)(F)F. The minimum absolute atomic E-state index is 0.113. The van der Waals surface area contributed by atoms with E-state index >= 15 is 0 Å². The van der Waals surface area contributed by atoms with Crippen molar-refractivity contribution in [2.45, 2.75) is 20.0 Å². The number of likely N-dealkylation sites (N-methyl/N-ethyl adjacent to an activating group) is 1. The Balaban J connectivity index is 5.60. The molecule has 0 aliphatic heterocycles. The Morgan fingerprint density at radius 2 is 1.50 bits per heavy atom. The van der Waals surface area contributed by atoms with E-state index in [1.54, 1.807) is 0 Å². The molecule has 0 amide bonds. The number of ether oxygens (including phenoxy) is 2. The van der Waals surface area contributed by atoms with Crippen LogP contribution in [0.2, 0.25) is 0 Å². The number of rotatable bonds is 5. The maximum atomic E-state index is 12.7. The van der Waals surface area contributed by atoms with Crippen LogP contribution in [-0.2, 0) is 19.1 Å². The quantitative estimate of drug-likeness (QED) is 0.599. The molecule has 0 unspecified atom stereocenters. The summed E-state index contributed by atoms with van der Waals surface area (Å²) >= 11 is 0. The second-order valence-corrected chi connectivity index (χ2v) is 2.94. The lowest BCUT2D eigenvalue weighted by atomic mass is 10.2. The van der Waals surface area contributed by atoms with Gasteiger partial charge in [0.05, 0.1) is 13.2 Å². The van der Waals surface area contributed by atoms with E-state index < -0.39 is 29.4 Å². The summed E-state index contributed by atoms with van der Waals surface area (Å²) in [5.74, 6) is -2.89. The van der Waals surface area contributed by atoms with Crippen LogP contribution in [0.1, 0.15) is 13.8 Å². The first-order chi connectivity index (χ1) is 8.29. The normalized spacial score (nSPS) is 12.6. The Kier molecular flexibility index (Phi) is 6.21. The monoisotopic (exact) mass is 269 g/mol. The molecular weight excluding hydrogens is 255 g/mol. The Morgan fingerprint density at radius 1 is 1.06 bits per heavy atom. The molecule has 0 spiro atoms. The highest BCUT2D eigenvalue weighted by molar-refractivity contribution is 6.00. The first-order valence-electron chi connectivity index (χ1n) is 5.13. The predicted octanol–water partition coefficient (Wildman–Crippen LogP) is 1.15. The number of halogens is 3. The predicted molar refractivity (Wildman–Crippen MR) is 55.4 cm³/mol. The number of hydrogen-bond acceptors (Lipinski definition) is 5. The molecular formula is C10H14F3NO4. The van der Waals surface area contributed by atoms with Crippen LogP contribution in [0, 0.1) is 0 Å². The third-order valence-electron chi connectivity index (χ3n) is 1.74. The topological polar surface area (TPSA) is 64.6 Å².